The van der Waals surface area contributed by atoms with E-state index in [9.17, 15) is 0 Å². The van der Waals surface area contributed by atoms with Gasteiger partial charge in [-0.05, 0) is 23.5 Å². The molecule has 0 saturated heterocycles. The molecular formula is C13H16. The highest BCUT2D eigenvalue weighted by Gasteiger charge is 2.12. The lowest BCUT2D eigenvalue weighted by molar-refractivity contribution is 0.411. The van der Waals surface area contributed by atoms with Crippen LogP contribution in [0.4, 0.5) is 0 Å². The van der Waals surface area contributed by atoms with Gasteiger partial charge in [0, 0.05) is 5.56 Å². The Labute approximate surface area is 81.0 Å². The predicted octanol–water partition coefficient (Wildman–Crippen LogP) is 3.26. The highest BCUT2D eigenvalue weighted by molar-refractivity contribution is 5.40. The second kappa shape index (κ2) is 3.66. The highest BCUT2D eigenvalue weighted by Crippen LogP contribution is 2.22. The van der Waals surface area contributed by atoms with Crippen molar-refractivity contribution in [1.29, 1.82) is 0 Å². The molecule has 0 aliphatic carbocycles. The van der Waals surface area contributed by atoms with Crippen molar-refractivity contribution in [1.82, 2.24) is 0 Å². The Morgan fingerprint density at radius 2 is 1.85 bits per heavy atom. The molecule has 1 rings (SSSR count). The van der Waals surface area contributed by atoms with Crippen molar-refractivity contribution in [2.45, 2.75) is 27.2 Å². The zero-order chi connectivity index (χ0) is 9.90. The molecule has 0 bridgehead atoms. The van der Waals surface area contributed by atoms with E-state index in [-0.39, 0.29) is 0 Å². The predicted molar refractivity (Wildman–Crippen MR) is 57.5 cm³/mol. The summed E-state index contributed by atoms with van der Waals surface area (Å²) in [6.07, 6.45) is 6.45. The van der Waals surface area contributed by atoms with Gasteiger partial charge >= 0.3 is 0 Å². The van der Waals surface area contributed by atoms with Gasteiger partial charge in [0.05, 0.1) is 0 Å². The topological polar surface area (TPSA) is 0 Å². The first-order chi connectivity index (χ1) is 6.03. The fraction of sp³-hybridized carbons (Fsp3) is 0.385. The van der Waals surface area contributed by atoms with Crippen molar-refractivity contribution >= 4 is 0 Å². The lowest BCUT2D eigenvalue weighted by atomic mass is 9.86. The van der Waals surface area contributed by atoms with Crippen molar-refractivity contribution in [3.63, 3.8) is 0 Å². The van der Waals surface area contributed by atoms with Crippen LogP contribution in [0.25, 0.3) is 0 Å². The summed E-state index contributed by atoms with van der Waals surface area (Å²) in [5.74, 6) is 2.72. The molecule has 0 saturated carbocycles. The molecule has 0 atom stereocenters. The van der Waals surface area contributed by atoms with Gasteiger partial charge in [-0.15, -0.1) is 6.42 Å². The average molecular weight is 172 g/mol. The van der Waals surface area contributed by atoms with Gasteiger partial charge < -0.3 is 0 Å². The average Bonchev–Trinajstić information content (AvgIpc) is 2.02. The molecule has 0 amide bonds. The van der Waals surface area contributed by atoms with E-state index >= 15 is 0 Å². The molecule has 0 N–H and O–H groups in total. The summed E-state index contributed by atoms with van der Waals surface area (Å²) in [4.78, 5) is 0. The number of terminal acetylenes is 1. The second-order valence-corrected chi connectivity index (χ2v) is 4.54. The first-order valence-electron chi connectivity index (χ1n) is 4.57. The van der Waals surface area contributed by atoms with Gasteiger partial charge in [-0.1, -0.05) is 44.9 Å². The van der Waals surface area contributed by atoms with E-state index in [0.717, 1.165) is 12.0 Å². The van der Waals surface area contributed by atoms with Crippen LogP contribution in [0.3, 0.4) is 0 Å². The number of hydrogen-bond acceptors (Lipinski definition) is 0. The summed E-state index contributed by atoms with van der Waals surface area (Å²) in [5, 5.41) is 0. The van der Waals surface area contributed by atoms with E-state index in [2.05, 4.69) is 32.8 Å². The van der Waals surface area contributed by atoms with Crippen LogP contribution in [0.15, 0.2) is 24.3 Å². The zero-order valence-corrected chi connectivity index (χ0v) is 8.59. The summed E-state index contributed by atoms with van der Waals surface area (Å²) < 4.78 is 0. The van der Waals surface area contributed by atoms with Crippen LogP contribution in [0.2, 0.25) is 0 Å². The third kappa shape index (κ3) is 2.95. The molecular weight excluding hydrogens is 156 g/mol. The maximum absolute atomic E-state index is 5.42. The van der Waals surface area contributed by atoms with E-state index in [0.29, 0.717) is 5.41 Å². The Bertz CT molecular complexity index is 321. The van der Waals surface area contributed by atoms with Crippen LogP contribution in [0.1, 0.15) is 31.9 Å². The fourth-order valence-corrected chi connectivity index (χ4v) is 1.39. The number of hydrogen-bond donors (Lipinski definition) is 0. The van der Waals surface area contributed by atoms with Gasteiger partial charge in [0.1, 0.15) is 0 Å². The molecule has 0 radical (unpaired) electrons. The second-order valence-electron chi connectivity index (χ2n) is 4.54. The molecule has 0 spiro atoms. The van der Waals surface area contributed by atoms with E-state index in [4.69, 9.17) is 6.42 Å². The monoisotopic (exact) mass is 172 g/mol. The van der Waals surface area contributed by atoms with Crippen molar-refractivity contribution in [2.24, 2.45) is 5.41 Å². The molecule has 0 aromatic heterocycles. The van der Waals surface area contributed by atoms with Gasteiger partial charge in [-0.2, -0.15) is 0 Å². The maximum atomic E-state index is 5.42. The maximum Gasteiger partial charge on any atom is 0.0274 e. The zero-order valence-electron chi connectivity index (χ0n) is 8.59. The largest absolute Gasteiger partial charge is 0.115 e. The molecule has 0 aliphatic heterocycles. The van der Waals surface area contributed by atoms with E-state index in [1.807, 2.05) is 18.2 Å². The summed E-state index contributed by atoms with van der Waals surface area (Å²) in [6.45, 7) is 6.67. The summed E-state index contributed by atoms with van der Waals surface area (Å²) in [5.41, 5.74) is 2.60. The third-order valence-corrected chi connectivity index (χ3v) is 1.89. The third-order valence-electron chi connectivity index (χ3n) is 1.89. The Kier molecular flexibility index (Phi) is 2.78. The van der Waals surface area contributed by atoms with Crippen LogP contribution < -0.4 is 0 Å². The molecule has 0 unspecified atom stereocenters. The first-order valence-corrected chi connectivity index (χ1v) is 4.57. The molecule has 0 nitrogen and oxygen atoms in total. The lowest BCUT2D eigenvalue weighted by Crippen LogP contribution is -2.10. The van der Waals surface area contributed by atoms with Crippen molar-refractivity contribution < 1.29 is 0 Å². The van der Waals surface area contributed by atoms with Gasteiger partial charge in [0.25, 0.3) is 0 Å². The minimum atomic E-state index is 0.299. The van der Waals surface area contributed by atoms with Crippen molar-refractivity contribution in [3.05, 3.63) is 35.4 Å². The minimum absolute atomic E-state index is 0.299. The van der Waals surface area contributed by atoms with Crippen LogP contribution in [0.5, 0.6) is 0 Å². The van der Waals surface area contributed by atoms with Crippen molar-refractivity contribution in [3.8, 4) is 12.3 Å². The van der Waals surface area contributed by atoms with Gasteiger partial charge in [-0.3, -0.25) is 0 Å². The summed E-state index contributed by atoms with van der Waals surface area (Å²) in [6, 6.07) is 8.14. The smallest absolute Gasteiger partial charge is 0.0274 e. The first kappa shape index (κ1) is 9.86. The quantitative estimate of drug-likeness (QED) is 0.570. The molecule has 0 heteroatoms. The fourth-order valence-electron chi connectivity index (χ4n) is 1.39. The minimum Gasteiger partial charge on any atom is -0.115 e. The Balaban J connectivity index is 2.96. The highest BCUT2D eigenvalue weighted by atomic mass is 14.2. The SMILES string of the molecule is C#Cc1ccccc1CC(C)(C)C. The van der Waals surface area contributed by atoms with Crippen LogP contribution in [-0.2, 0) is 6.42 Å². The molecule has 13 heavy (non-hydrogen) atoms. The summed E-state index contributed by atoms with van der Waals surface area (Å²) in [7, 11) is 0. The van der Waals surface area contributed by atoms with E-state index < -0.39 is 0 Å². The normalized spacial score (nSPS) is 10.9. The van der Waals surface area contributed by atoms with Gasteiger partial charge in [0.2, 0.25) is 0 Å². The molecule has 1 aromatic rings. The Morgan fingerprint density at radius 1 is 1.23 bits per heavy atom. The molecule has 68 valence electrons. The molecule has 1 aromatic carbocycles. The van der Waals surface area contributed by atoms with Gasteiger partial charge in [-0.25, -0.2) is 0 Å². The molecule has 0 aliphatic rings. The van der Waals surface area contributed by atoms with Crippen LogP contribution >= 0.6 is 0 Å². The standard InChI is InChI=1S/C13H16/c1-5-11-8-6-7-9-12(11)10-13(2,3)4/h1,6-9H,10H2,2-4H3. The molecule has 0 fully saturated rings. The van der Waals surface area contributed by atoms with Crippen molar-refractivity contribution in [2.75, 3.05) is 0 Å². The van der Waals surface area contributed by atoms with Crippen LogP contribution in [-0.4, -0.2) is 0 Å². The number of benzene rings is 1. The molecule has 0 heterocycles. The van der Waals surface area contributed by atoms with Gasteiger partial charge in [0.15, 0.2) is 0 Å². The summed E-state index contributed by atoms with van der Waals surface area (Å²) >= 11 is 0. The number of rotatable bonds is 1. The van der Waals surface area contributed by atoms with E-state index in [1.54, 1.807) is 0 Å². The Morgan fingerprint density at radius 3 is 2.38 bits per heavy atom. The van der Waals surface area contributed by atoms with E-state index in [1.165, 1.54) is 5.56 Å². The Hall–Kier alpha value is -1.22. The lowest BCUT2D eigenvalue weighted by Gasteiger charge is -2.18. The van der Waals surface area contributed by atoms with Crippen LogP contribution in [0, 0.1) is 17.8 Å².